The quantitative estimate of drug-likeness (QED) is 0.464. The van der Waals surface area contributed by atoms with Crippen LogP contribution in [0.25, 0.3) is 5.57 Å². The third kappa shape index (κ3) is 3.65. The molecule has 1 aliphatic heterocycles. The second-order valence-corrected chi connectivity index (χ2v) is 6.48. The van der Waals surface area contributed by atoms with Gasteiger partial charge in [-0.25, -0.2) is 4.39 Å². The van der Waals surface area contributed by atoms with Crippen LogP contribution in [0.1, 0.15) is 31.7 Å². The molecule has 0 atom stereocenters. The molecule has 2 amide bonds. The molecule has 0 radical (unpaired) electrons. The number of nitrogens with one attached hydrogen (secondary N) is 1. The van der Waals surface area contributed by atoms with Crippen LogP contribution in [0.5, 0.6) is 0 Å². The zero-order valence-corrected chi connectivity index (χ0v) is 15.5. The zero-order chi connectivity index (χ0) is 20.1. The molecule has 28 heavy (non-hydrogen) atoms. The van der Waals surface area contributed by atoms with Gasteiger partial charge >= 0.3 is 0 Å². The monoisotopic (exact) mass is 377 g/mol. The van der Waals surface area contributed by atoms with E-state index in [2.05, 4.69) is 12.2 Å². The van der Waals surface area contributed by atoms with Gasteiger partial charge in [0.1, 0.15) is 17.5 Å². The highest BCUT2D eigenvalue weighted by atomic mass is 19.1. The second-order valence-electron chi connectivity index (χ2n) is 6.48. The van der Waals surface area contributed by atoms with Crippen molar-refractivity contribution in [3.63, 3.8) is 0 Å². The first-order valence-electron chi connectivity index (χ1n) is 9.20. The summed E-state index contributed by atoms with van der Waals surface area (Å²) in [5.74, 6) is -1.80. The lowest BCUT2D eigenvalue weighted by Crippen LogP contribution is -2.28. The summed E-state index contributed by atoms with van der Waals surface area (Å²) in [5.41, 5.74) is 0.927. The van der Waals surface area contributed by atoms with Gasteiger partial charge in [0.2, 0.25) is 0 Å². The number of hydrogen-bond donors (Lipinski definition) is 1. The van der Waals surface area contributed by atoms with E-state index < -0.39 is 11.7 Å². The Morgan fingerprint density at radius 2 is 1.86 bits per heavy atom. The van der Waals surface area contributed by atoms with E-state index in [9.17, 15) is 19.2 Å². The van der Waals surface area contributed by atoms with Gasteiger partial charge in [0, 0.05) is 12.1 Å². The second kappa shape index (κ2) is 8.49. The average molecular weight is 377 g/mol. The van der Waals surface area contributed by atoms with Gasteiger partial charge in [-0.3, -0.25) is 9.59 Å². The van der Waals surface area contributed by atoms with Crippen molar-refractivity contribution in [2.75, 3.05) is 16.8 Å². The third-order valence-corrected chi connectivity index (χ3v) is 4.62. The molecule has 0 bridgehead atoms. The molecular formula is C22H20FN3O2. The number of nitrogens with zero attached hydrogens (tertiary/aromatic N) is 2. The summed E-state index contributed by atoms with van der Waals surface area (Å²) in [6.07, 6.45) is 2.82. The van der Waals surface area contributed by atoms with Gasteiger partial charge in [0.25, 0.3) is 11.8 Å². The lowest BCUT2D eigenvalue weighted by Gasteiger charge is -2.16. The van der Waals surface area contributed by atoms with Crippen LogP contribution in [0.15, 0.2) is 54.1 Å². The lowest BCUT2D eigenvalue weighted by atomic mass is 10.0. The minimum absolute atomic E-state index is 0.0422. The van der Waals surface area contributed by atoms with Crippen molar-refractivity contribution in [1.82, 2.24) is 0 Å². The first-order chi connectivity index (χ1) is 13.6. The van der Waals surface area contributed by atoms with Crippen LogP contribution in [0, 0.1) is 17.1 Å². The maximum absolute atomic E-state index is 13.9. The Kier molecular flexibility index (Phi) is 5.85. The number of rotatable bonds is 6. The SMILES string of the molecule is CCCCCN1C(=O)/C(=C(\C#N)C(=O)Nc2ccccc2F)c2ccccc21. The number of unbranched alkanes of at least 4 members (excludes halogenated alkanes) is 2. The Balaban J connectivity index is 1.99. The van der Waals surface area contributed by atoms with Crippen LogP contribution < -0.4 is 10.2 Å². The predicted octanol–water partition coefficient (Wildman–Crippen LogP) is 4.28. The Labute approximate surface area is 163 Å². The number of benzene rings is 2. The van der Waals surface area contributed by atoms with Gasteiger partial charge < -0.3 is 10.2 Å². The van der Waals surface area contributed by atoms with E-state index in [0.717, 1.165) is 19.3 Å². The molecule has 2 aromatic rings. The molecule has 0 aromatic heterocycles. The van der Waals surface area contributed by atoms with Gasteiger partial charge in [-0.15, -0.1) is 0 Å². The molecule has 6 heteroatoms. The summed E-state index contributed by atoms with van der Waals surface area (Å²) in [5, 5.41) is 12.0. The van der Waals surface area contributed by atoms with E-state index in [-0.39, 0.29) is 22.7 Å². The molecule has 0 fully saturated rings. The van der Waals surface area contributed by atoms with E-state index >= 15 is 0 Å². The molecule has 0 saturated heterocycles. The first-order valence-corrected chi connectivity index (χ1v) is 9.20. The number of fused-ring (bicyclic) bond motifs is 1. The van der Waals surface area contributed by atoms with Crippen molar-refractivity contribution in [2.24, 2.45) is 0 Å². The van der Waals surface area contributed by atoms with E-state index in [4.69, 9.17) is 0 Å². The number of amides is 2. The maximum atomic E-state index is 13.9. The van der Waals surface area contributed by atoms with E-state index in [1.54, 1.807) is 29.2 Å². The van der Waals surface area contributed by atoms with Crippen molar-refractivity contribution >= 4 is 28.8 Å². The van der Waals surface area contributed by atoms with E-state index in [0.29, 0.717) is 17.8 Å². The van der Waals surface area contributed by atoms with Gasteiger partial charge in [0.05, 0.1) is 16.9 Å². The normalized spacial score (nSPS) is 14.5. The highest BCUT2D eigenvalue weighted by Crippen LogP contribution is 2.38. The van der Waals surface area contributed by atoms with Crippen LogP contribution in [-0.4, -0.2) is 18.4 Å². The number of carbonyl (C=O) groups is 2. The largest absolute Gasteiger partial charge is 0.319 e. The van der Waals surface area contributed by atoms with Gasteiger partial charge in [-0.2, -0.15) is 5.26 Å². The number of hydrogen-bond acceptors (Lipinski definition) is 3. The summed E-state index contributed by atoms with van der Waals surface area (Å²) in [6.45, 7) is 2.59. The summed E-state index contributed by atoms with van der Waals surface area (Å²) in [4.78, 5) is 27.3. The number of anilines is 2. The van der Waals surface area contributed by atoms with Gasteiger partial charge in [0.15, 0.2) is 0 Å². The molecule has 3 rings (SSSR count). The molecule has 2 aromatic carbocycles. The predicted molar refractivity (Wildman–Crippen MR) is 106 cm³/mol. The average Bonchev–Trinajstić information content (AvgIpc) is 2.97. The van der Waals surface area contributed by atoms with Crippen LogP contribution in [0.2, 0.25) is 0 Å². The summed E-state index contributed by atoms with van der Waals surface area (Å²) in [6, 6.07) is 14.6. The van der Waals surface area contributed by atoms with E-state index in [1.165, 1.54) is 18.2 Å². The molecule has 1 aliphatic rings. The lowest BCUT2D eigenvalue weighted by molar-refractivity contribution is -0.114. The fourth-order valence-electron chi connectivity index (χ4n) is 3.23. The molecule has 0 saturated carbocycles. The summed E-state index contributed by atoms with van der Waals surface area (Å²) in [7, 11) is 0. The van der Waals surface area contributed by atoms with Crippen molar-refractivity contribution in [3.8, 4) is 6.07 Å². The Bertz CT molecular complexity index is 991. The van der Waals surface area contributed by atoms with Crippen molar-refractivity contribution in [3.05, 3.63) is 65.5 Å². The smallest absolute Gasteiger partial charge is 0.267 e. The minimum Gasteiger partial charge on any atom is -0.319 e. The van der Waals surface area contributed by atoms with Gasteiger partial charge in [-0.1, -0.05) is 50.1 Å². The number of para-hydroxylation sites is 2. The molecule has 1 heterocycles. The number of halogens is 1. The molecule has 1 N–H and O–H groups in total. The summed E-state index contributed by atoms with van der Waals surface area (Å²) < 4.78 is 13.9. The maximum Gasteiger partial charge on any atom is 0.267 e. The highest BCUT2D eigenvalue weighted by Gasteiger charge is 2.36. The Hall–Kier alpha value is -3.46. The zero-order valence-electron chi connectivity index (χ0n) is 15.5. The van der Waals surface area contributed by atoms with Crippen molar-refractivity contribution in [2.45, 2.75) is 26.2 Å². The molecule has 142 valence electrons. The van der Waals surface area contributed by atoms with Crippen molar-refractivity contribution < 1.29 is 14.0 Å². The fraction of sp³-hybridized carbons (Fsp3) is 0.227. The molecule has 0 unspecified atom stereocenters. The molecule has 0 spiro atoms. The number of carbonyl (C=O) groups excluding carboxylic acids is 2. The van der Waals surface area contributed by atoms with Crippen LogP contribution >= 0.6 is 0 Å². The standard InChI is InChI=1S/C22H20FN3O2/c1-2-3-8-13-26-19-12-7-4-9-15(19)20(22(26)28)16(14-24)21(27)25-18-11-6-5-10-17(18)23/h4-7,9-12H,2-3,8,13H2,1H3,(H,25,27)/b20-16+. The van der Waals surface area contributed by atoms with Crippen molar-refractivity contribution in [1.29, 1.82) is 5.26 Å². The van der Waals surface area contributed by atoms with Crippen LogP contribution in [0.3, 0.4) is 0 Å². The third-order valence-electron chi connectivity index (χ3n) is 4.62. The molecular weight excluding hydrogens is 357 g/mol. The van der Waals surface area contributed by atoms with Gasteiger partial charge in [-0.05, 0) is 24.6 Å². The topological polar surface area (TPSA) is 73.2 Å². The molecule has 5 nitrogen and oxygen atoms in total. The number of nitriles is 1. The minimum atomic E-state index is -0.804. The molecule has 0 aliphatic carbocycles. The first kappa shape index (κ1) is 19.3. The highest BCUT2D eigenvalue weighted by molar-refractivity contribution is 6.37. The Morgan fingerprint density at radius 3 is 2.57 bits per heavy atom. The van der Waals surface area contributed by atoms with Crippen LogP contribution in [-0.2, 0) is 9.59 Å². The fourth-order valence-corrected chi connectivity index (χ4v) is 3.23. The van der Waals surface area contributed by atoms with E-state index in [1.807, 2.05) is 12.1 Å². The Morgan fingerprint density at radius 1 is 1.14 bits per heavy atom. The summed E-state index contributed by atoms with van der Waals surface area (Å²) >= 11 is 0. The van der Waals surface area contributed by atoms with Crippen LogP contribution in [0.4, 0.5) is 15.8 Å².